The molecular formula is C22H32O2. The van der Waals surface area contributed by atoms with Gasteiger partial charge in [0.1, 0.15) is 0 Å². The van der Waals surface area contributed by atoms with Gasteiger partial charge in [-0.25, -0.2) is 0 Å². The van der Waals surface area contributed by atoms with Crippen LogP contribution in [-0.2, 0) is 4.79 Å². The molecule has 0 radical (unpaired) electrons. The Kier molecular flexibility index (Phi) is 17.3. The van der Waals surface area contributed by atoms with Gasteiger partial charge < -0.3 is 5.11 Å². The molecule has 0 aliphatic carbocycles. The predicted molar refractivity (Wildman–Crippen MR) is 105 cm³/mol. The minimum Gasteiger partial charge on any atom is -0.481 e. The fourth-order valence-electron chi connectivity index (χ4n) is 1.85. The van der Waals surface area contributed by atoms with Crippen LogP contribution in [0.1, 0.15) is 58.3 Å². The van der Waals surface area contributed by atoms with Crippen LogP contribution in [0.4, 0.5) is 0 Å². The summed E-state index contributed by atoms with van der Waals surface area (Å²) in [6.07, 6.45) is 32.5. The van der Waals surface area contributed by atoms with Gasteiger partial charge in [0, 0.05) is 6.42 Å². The zero-order chi connectivity index (χ0) is 17.7. The average Bonchev–Trinajstić information content (AvgIpc) is 2.56. The van der Waals surface area contributed by atoms with Crippen LogP contribution in [0.3, 0.4) is 0 Å². The molecule has 0 saturated heterocycles. The zero-order valence-electron chi connectivity index (χ0n) is 14.9. The topological polar surface area (TPSA) is 37.3 Å². The van der Waals surface area contributed by atoms with Crippen molar-refractivity contribution in [3.63, 3.8) is 0 Å². The minimum atomic E-state index is -0.741. The number of carbonyl (C=O) groups is 1. The third kappa shape index (κ3) is 19.9. The molecule has 0 fully saturated rings. The van der Waals surface area contributed by atoms with E-state index in [1.807, 2.05) is 12.2 Å². The Balaban J connectivity index is 3.51. The van der Waals surface area contributed by atoms with Crippen LogP contribution in [0.2, 0.25) is 0 Å². The maximum atomic E-state index is 10.3. The number of carboxylic acid groups (broad SMARTS) is 1. The van der Waals surface area contributed by atoms with E-state index in [1.54, 1.807) is 0 Å². The Bertz CT molecular complexity index is 462. The Morgan fingerprint density at radius 3 is 1.29 bits per heavy atom. The van der Waals surface area contributed by atoms with E-state index >= 15 is 0 Å². The Morgan fingerprint density at radius 1 is 0.625 bits per heavy atom. The molecule has 132 valence electrons. The molecule has 0 atom stereocenters. The summed E-state index contributed by atoms with van der Waals surface area (Å²) in [5.41, 5.74) is 0. The lowest BCUT2D eigenvalue weighted by Gasteiger charge is -1.87. The van der Waals surface area contributed by atoms with Crippen molar-refractivity contribution in [2.75, 3.05) is 0 Å². The summed E-state index contributed by atoms with van der Waals surface area (Å²) >= 11 is 0. The van der Waals surface area contributed by atoms with Crippen LogP contribution in [-0.4, -0.2) is 11.1 Å². The van der Waals surface area contributed by atoms with Crippen molar-refractivity contribution in [3.8, 4) is 0 Å². The zero-order valence-corrected chi connectivity index (χ0v) is 14.9. The molecule has 0 saturated carbocycles. The van der Waals surface area contributed by atoms with Gasteiger partial charge in [-0.05, 0) is 44.9 Å². The second-order valence-corrected chi connectivity index (χ2v) is 5.35. The first-order valence-corrected chi connectivity index (χ1v) is 8.89. The molecule has 1 N–H and O–H groups in total. The molecule has 0 unspecified atom stereocenters. The smallest absolute Gasteiger partial charge is 0.303 e. The minimum absolute atomic E-state index is 0.210. The van der Waals surface area contributed by atoms with Crippen molar-refractivity contribution < 1.29 is 9.90 Å². The van der Waals surface area contributed by atoms with Crippen LogP contribution < -0.4 is 0 Å². The Morgan fingerprint density at radius 2 is 0.958 bits per heavy atom. The third-order valence-corrected chi connectivity index (χ3v) is 3.12. The largest absolute Gasteiger partial charge is 0.481 e. The summed E-state index contributed by atoms with van der Waals surface area (Å²) in [5.74, 6) is -0.741. The van der Waals surface area contributed by atoms with Gasteiger partial charge in [-0.1, -0.05) is 79.8 Å². The first-order valence-electron chi connectivity index (χ1n) is 8.89. The summed E-state index contributed by atoms with van der Waals surface area (Å²) in [7, 11) is 0. The van der Waals surface area contributed by atoms with Crippen LogP contribution in [0.15, 0.2) is 72.9 Å². The molecule has 2 nitrogen and oxygen atoms in total. The summed E-state index contributed by atoms with van der Waals surface area (Å²) in [6.45, 7) is 2.15. The van der Waals surface area contributed by atoms with E-state index < -0.39 is 5.97 Å². The molecular weight excluding hydrogens is 296 g/mol. The highest BCUT2D eigenvalue weighted by atomic mass is 16.4. The quantitative estimate of drug-likeness (QED) is 0.367. The molecule has 2 heteroatoms. The average molecular weight is 328 g/mol. The van der Waals surface area contributed by atoms with Gasteiger partial charge >= 0.3 is 5.97 Å². The molecule has 0 rings (SSSR count). The lowest BCUT2D eigenvalue weighted by atomic mass is 10.2. The maximum Gasteiger partial charge on any atom is 0.303 e. The molecule has 0 heterocycles. The molecule has 0 aromatic carbocycles. The van der Waals surface area contributed by atoms with Gasteiger partial charge in [-0.3, -0.25) is 4.79 Å². The SMILES string of the molecule is CC/C=C/C/C=C\C/C=C/C/C=C\C/C=C\C/C=C/CCC(=O)O. The first kappa shape index (κ1) is 21.9. The lowest BCUT2D eigenvalue weighted by molar-refractivity contribution is -0.136. The van der Waals surface area contributed by atoms with E-state index in [0.717, 1.165) is 38.5 Å². The van der Waals surface area contributed by atoms with Crippen molar-refractivity contribution in [2.45, 2.75) is 58.3 Å². The van der Waals surface area contributed by atoms with E-state index in [0.29, 0.717) is 6.42 Å². The number of carboxylic acids is 1. The van der Waals surface area contributed by atoms with E-state index in [9.17, 15) is 4.79 Å². The van der Waals surface area contributed by atoms with Crippen LogP contribution in [0.25, 0.3) is 0 Å². The highest BCUT2D eigenvalue weighted by Gasteiger charge is 1.90. The van der Waals surface area contributed by atoms with Crippen LogP contribution in [0, 0.1) is 0 Å². The van der Waals surface area contributed by atoms with Gasteiger partial charge in [-0.2, -0.15) is 0 Å². The van der Waals surface area contributed by atoms with Crippen molar-refractivity contribution in [3.05, 3.63) is 72.9 Å². The molecule has 0 spiro atoms. The Labute approximate surface area is 147 Å². The van der Waals surface area contributed by atoms with Gasteiger partial charge in [0.2, 0.25) is 0 Å². The maximum absolute atomic E-state index is 10.3. The van der Waals surface area contributed by atoms with Gasteiger partial charge in [0.25, 0.3) is 0 Å². The number of aliphatic carboxylic acids is 1. The van der Waals surface area contributed by atoms with Crippen molar-refractivity contribution in [1.29, 1.82) is 0 Å². The standard InChI is InChI=1S/C22H32O2/c1-2-3-4-5-6-7-8-9-10-11-12-13-14-15-16-17-18-19-20-21-22(23)24/h3-4,6-7,9-10,12-13,15-16,18-19H,2,5,8,11,14,17,20-21H2,1H3,(H,23,24)/b4-3+,7-6-,10-9+,13-12-,16-15-,19-18+. The normalized spacial score (nSPS) is 13.0. The van der Waals surface area contributed by atoms with E-state index in [4.69, 9.17) is 5.11 Å². The summed E-state index contributed by atoms with van der Waals surface area (Å²) in [5, 5.41) is 8.49. The van der Waals surface area contributed by atoms with Crippen molar-refractivity contribution in [1.82, 2.24) is 0 Å². The second kappa shape index (κ2) is 19.0. The van der Waals surface area contributed by atoms with Crippen molar-refractivity contribution in [2.24, 2.45) is 0 Å². The summed E-state index contributed by atoms with van der Waals surface area (Å²) in [4.78, 5) is 10.3. The van der Waals surface area contributed by atoms with Crippen molar-refractivity contribution >= 4 is 5.97 Å². The van der Waals surface area contributed by atoms with Crippen LogP contribution >= 0.6 is 0 Å². The molecule has 0 aromatic rings. The van der Waals surface area contributed by atoms with E-state index in [-0.39, 0.29) is 6.42 Å². The summed E-state index contributed by atoms with van der Waals surface area (Å²) in [6, 6.07) is 0. The predicted octanol–water partition coefficient (Wildman–Crippen LogP) is 6.55. The fourth-order valence-corrected chi connectivity index (χ4v) is 1.85. The number of allylic oxidation sites excluding steroid dienone is 12. The molecule has 0 bridgehead atoms. The van der Waals surface area contributed by atoms with E-state index in [2.05, 4.69) is 67.7 Å². The fraction of sp³-hybridized carbons (Fsp3) is 0.409. The number of hydrogen-bond acceptors (Lipinski definition) is 1. The Hall–Kier alpha value is -2.09. The highest BCUT2D eigenvalue weighted by Crippen LogP contribution is 1.97. The lowest BCUT2D eigenvalue weighted by Crippen LogP contribution is -1.91. The van der Waals surface area contributed by atoms with Gasteiger partial charge in [0.15, 0.2) is 0 Å². The molecule has 0 aliphatic rings. The van der Waals surface area contributed by atoms with E-state index in [1.165, 1.54) is 0 Å². The monoisotopic (exact) mass is 328 g/mol. The molecule has 0 amide bonds. The van der Waals surface area contributed by atoms with Gasteiger partial charge in [-0.15, -0.1) is 0 Å². The molecule has 24 heavy (non-hydrogen) atoms. The van der Waals surface area contributed by atoms with Crippen LogP contribution in [0.5, 0.6) is 0 Å². The first-order chi connectivity index (χ1) is 11.8. The third-order valence-electron chi connectivity index (χ3n) is 3.12. The summed E-state index contributed by atoms with van der Waals surface area (Å²) < 4.78 is 0. The number of hydrogen-bond donors (Lipinski definition) is 1. The number of rotatable bonds is 14. The second-order valence-electron chi connectivity index (χ2n) is 5.35. The molecule has 0 aliphatic heterocycles. The van der Waals surface area contributed by atoms with Gasteiger partial charge in [0.05, 0.1) is 0 Å². The molecule has 0 aromatic heterocycles. The highest BCUT2D eigenvalue weighted by molar-refractivity contribution is 5.66.